The van der Waals surface area contributed by atoms with Gasteiger partial charge in [0.1, 0.15) is 5.82 Å². The number of nitrogens with zero attached hydrogens (tertiary/aromatic N) is 1. The van der Waals surface area contributed by atoms with Crippen LogP contribution in [0.2, 0.25) is 0 Å². The maximum atomic E-state index is 12.5. The van der Waals surface area contributed by atoms with E-state index in [4.69, 9.17) is 0 Å². The average Bonchev–Trinajstić information content (AvgIpc) is 2.40. The Kier molecular flexibility index (Phi) is 4.44. The van der Waals surface area contributed by atoms with Crippen LogP contribution >= 0.6 is 0 Å². The van der Waals surface area contributed by atoms with Gasteiger partial charge in [0, 0.05) is 12.7 Å². The second-order valence-corrected chi connectivity index (χ2v) is 7.11. The van der Waals surface area contributed by atoms with Gasteiger partial charge in [-0.3, -0.25) is 0 Å². The fraction of sp³-hybridized carbons (Fsp3) is 0.688. The molecule has 0 aromatic carbocycles. The van der Waals surface area contributed by atoms with Gasteiger partial charge < -0.3 is 10.4 Å². The summed E-state index contributed by atoms with van der Waals surface area (Å²) in [5.41, 5.74) is -1.58. The lowest BCUT2D eigenvalue weighted by Crippen LogP contribution is -2.47. The molecule has 6 heteroatoms. The minimum Gasteiger partial charge on any atom is -0.388 e. The molecular weight excluding hydrogens is 293 g/mol. The quantitative estimate of drug-likeness (QED) is 0.883. The van der Waals surface area contributed by atoms with E-state index in [1.54, 1.807) is 0 Å². The highest BCUT2D eigenvalue weighted by Crippen LogP contribution is 2.44. The van der Waals surface area contributed by atoms with Gasteiger partial charge in [-0.15, -0.1) is 0 Å². The summed E-state index contributed by atoms with van der Waals surface area (Å²) in [6.45, 7) is 6.75. The average molecular weight is 316 g/mol. The van der Waals surface area contributed by atoms with Crippen LogP contribution in [0.4, 0.5) is 19.0 Å². The molecule has 0 spiro atoms. The summed E-state index contributed by atoms with van der Waals surface area (Å²) in [7, 11) is 0. The van der Waals surface area contributed by atoms with Crippen LogP contribution in [0.5, 0.6) is 0 Å². The van der Waals surface area contributed by atoms with Crippen molar-refractivity contribution >= 4 is 5.82 Å². The Hall–Kier alpha value is -1.30. The van der Waals surface area contributed by atoms with E-state index in [1.807, 2.05) is 0 Å². The topological polar surface area (TPSA) is 45.1 Å². The van der Waals surface area contributed by atoms with E-state index in [0.717, 1.165) is 18.7 Å². The highest BCUT2D eigenvalue weighted by Gasteiger charge is 2.42. The number of halogens is 3. The lowest BCUT2D eigenvalue weighted by molar-refractivity contribution is -0.137. The molecule has 22 heavy (non-hydrogen) atoms. The number of hydrogen-bond acceptors (Lipinski definition) is 3. The number of anilines is 1. The van der Waals surface area contributed by atoms with Gasteiger partial charge in [0.15, 0.2) is 0 Å². The summed E-state index contributed by atoms with van der Waals surface area (Å²) >= 11 is 0. The van der Waals surface area contributed by atoms with Crippen LogP contribution in [0.15, 0.2) is 18.3 Å². The Morgan fingerprint density at radius 1 is 1.36 bits per heavy atom. The molecule has 0 amide bonds. The lowest BCUT2D eigenvalue weighted by Gasteiger charge is -2.45. The van der Waals surface area contributed by atoms with Crippen molar-refractivity contribution in [2.24, 2.45) is 11.3 Å². The van der Waals surface area contributed by atoms with E-state index < -0.39 is 17.3 Å². The third kappa shape index (κ3) is 3.91. The monoisotopic (exact) mass is 316 g/mol. The van der Waals surface area contributed by atoms with Gasteiger partial charge in [0.2, 0.25) is 0 Å². The van der Waals surface area contributed by atoms with Gasteiger partial charge in [-0.25, -0.2) is 4.98 Å². The Balaban J connectivity index is 1.98. The summed E-state index contributed by atoms with van der Waals surface area (Å²) in [5.74, 6) is 0.884. The molecule has 0 bridgehead atoms. The molecule has 1 aliphatic rings. The van der Waals surface area contributed by atoms with Gasteiger partial charge >= 0.3 is 6.18 Å². The van der Waals surface area contributed by atoms with Crippen molar-refractivity contribution in [1.82, 2.24) is 4.98 Å². The van der Waals surface area contributed by atoms with Crippen molar-refractivity contribution in [2.75, 3.05) is 11.9 Å². The molecule has 124 valence electrons. The zero-order valence-corrected chi connectivity index (χ0v) is 13.2. The predicted octanol–water partition coefficient (Wildman–Crippen LogP) is 4.09. The molecule has 1 aromatic rings. The van der Waals surface area contributed by atoms with Crippen LogP contribution in [-0.2, 0) is 6.18 Å². The molecule has 2 rings (SSSR count). The second-order valence-electron chi connectivity index (χ2n) is 7.11. The molecule has 1 aromatic heterocycles. The molecule has 1 saturated carbocycles. The molecule has 3 nitrogen and oxygen atoms in total. The van der Waals surface area contributed by atoms with Crippen LogP contribution < -0.4 is 5.32 Å². The van der Waals surface area contributed by atoms with Crippen molar-refractivity contribution in [3.63, 3.8) is 0 Å². The molecule has 2 N–H and O–H groups in total. The molecule has 1 aliphatic carbocycles. The Labute approximate surface area is 129 Å². The zero-order chi connectivity index (χ0) is 16.6. The molecule has 1 fully saturated rings. The van der Waals surface area contributed by atoms with E-state index in [-0.39, 0.29) is 5.41 Å². The molecule has 2 unspecified atom stereocenters. The number of aliphatic hydroxyl groups is 1. The first-order chi connectivity index (χ1) is 10.0. The molecule has 0 aliphatic heterocycles. The summed E-state index contributed by atoms with van der Waals surface area (Å²) in [5, 5.41) is 13.7. The molecule has 1 heterocycles. The number of hydrogen-bond donors (Lipinski definition) is 2. The standard InChI is InChI=1S/C16H23F3N2O/c1-11-6-7-15(22,9-14(11,2)3)10-21-13-5-4-12(8-20-13)16(17,18)19/h4-5,8,11,22H,6-7,9-10H2,1-3H3,(H,20,21). The van der Waals surface area contributed by atoms with E-state index >= 15 is 0 Å². The first-order valence-corrected chi connectivity index (χ1v) is 7.51. The third-order valence-corrected chi connectivity index (χ3v) is 4.85. The first-order valence-electron chi connectivity index (χ1n) is 7.51. The van der Waals surface area contributed by atoms with Crippen molar-refractivity contribution < 1.29 is 18.3 Å². The van der Waals surface area contributed by atoms with Gasteiger partial charge in [-0.1, -0.05) is 20.8 Å². The summed E-state index contributed by atoms with van der Waals surface area (Å²) in [6.07, 6.45) is -1.29. The van der Waals surface area contributed by atoms with E-state index in [1.165, 1.54) is 6.07 Å². The van der Waals surface area contributed by atoms with Crippen molar-refractivity contribution in [2.45, 2.75) is 51.8 Å². The van der Waals surface area contributed by atoms with Gasteiger partial charge in [0.25, 0.3) is 0 Å². The number of alkyl halides is 3. The van der Waals surface area contributed by atoms with Gasteiger partial charge in [-0.2, -0.15) is 13.2 Å². The summed E-state index contributed by atoms with van der Waals surface area (Å²) in [4.78, 5) is 3.77. The van der Waals surface area contributed by atoms with E-state index in [9.17, 15) is 18.3 Å². The molecule has 0 radical (unpaired) electrons. The maximum absolute atomic E-state index is 12.5. The SMILES string of the molecule is CC1CCC(O)(CNc2ccc(C(F)(F)F)cn2)CC1(C)C. The number of nitrogens with one attached hydrogen (secondary N) is 1. The number of rotatable bonds is 3. The Morgan fingerprint density at radius 3 is 2.55 bits per heavy atom. The molecular formula is C16H23F3N2O. The zero-order valence-electron chi connectivity index (χ0n) is 13.2. The Morgan fingerprint density at radius 2 is 2.05 bits per heavy atom. The number of pyridine rings is 1. The lowest BCUT2D eigenvalue weighted by atomic mass is 9.64. The van der Waals surface area contributed by atoms with Gasteiger partial charge in [0.05, 0.1) is 11.2 Å². The molecule has 2 atom stereocenters. The van der Waals surface area contributed by atoms with Crippen LogP contribution in [0.25, 0.3) is 0 Å². The normalized spacial score (nSPS) is 28.4. The van der Waals surface area contributed by atoms with E-state index in [2.05, 4.69) is 31.1 Å². The minimum atomic E-state index is -4.38. The van der Waals surface area contributed by atoms with Gasteiger partial charge in [-0.05, 0) is 42.7 Å². The fourth-order valence-corrected chi connectivity index (χ4v) is 3.06. The van der Waals surface area contributed by atoms with Crippen molar-refractivity contribution in [3.8, 4) is 0 Å². The third-order valence-electron chi connectivity index (χ3n) is 4.85. The maximum Gasteiger partial charge on any atom is 0.417 e. The molecule has 0 saturated heterocycles. The highest BCUT2D eigenvalue weighted by atomic mass is 19.4. The largest absolute Gasteiger partial charge is 0.417 e. The first kappa shape index (κ1) is 17.1. The number of aromatic nitrogens is 1. The fourth-order valence-electron chi connectivity index (χ4n) is 3.06. The van der Waals surface area contributed by atoms with Crippen LogP contribution in [0, 0.1) is 11.3 Å². The smallest absolute Gasteiger partial charge is 0.388 e. The van der Waals surface area contributed by atoms with Crippen molar-refractivity contribution in [1.29, 1.82) is 0 Å². The van der Waals surface area contributed by atoms with Crippen molar-refractivity contribution in [3.05, 3.63) is 23.9 Å². The van der Waals surface area contributed by atoms with Crippen LogP contribution in [0.1, 0.15) is 45.6 Å². The summed E-state index contributed by atoms with van der Waals surface area (Å²) in [6, 6.07) is 2.29. The summed E-state index contributed by atoms with van der Waals surface area (Å²) < 4.78 is 37.4. The highest BCUT2D eigenvalue weighted by molar-refractivity contribution is 5.36. The van der Waals surface area contributed by atoms with Crippen LogP contribution in [0.3, 0.4) is 0 Å². The second kappa shape index (κ2) is 5.72. The Bertz CT molecular complexity index is 513. The predicted molar refractivity (Wildman–Crippen MR) is 79.5 cm³/mol. The minimum absolute atomic E-state index is 0.0439. The van der Waals surface area contributed by atoms with E-state index in [0.29, 0.717) is 31.1 Å². The van der Waals surface area contributed by atoms with Crippen LogP contribution in [-0.4, -0.2) is 22.2 Å².